The fourth-order valence-corrected chi connectivity index (χ4v) is 3.81. The molecule has 0 bridgehead atoms. The zero-order chi connectivity index (χ0) is 17.7. The summed E-state index contributed by atoms with van der Waals surface area (Å²) in [5.41, 5.74) is 1.82. The zero-order valence-electron chi connectivity index (χ0n) is 16.3. The Balaban J connectivity index is 0.00000243. The van der Waals surface area contributed by atoms with Crippen LogP contribution < -0.4 is 10.1 Å². The maximum atomic E-state index is 5.83. The number of likely N-dealkylation sites (N-methyl/N-ethyl adjacent to an activating group) is 1. The van der Waals surface area contributed by atoms with Crippen molar-refractivity contribution in [2.75, 3.05) is 47.4 Å². The number of hydrogen-bond donors (Lipinski definition) is 1. The highest BCUT2D eigenvalue weighted by molar-refractivity contribution is 14.0. The Labute approximate surface area is 175 Å². The summed E-state index contributed by atoms with van der Waals surface area (Å²) in [5, 5.41) is 3.53. The van der Waals surface area contributed by atoms with E-state index in [0.717, 1.165) is 31.3 Å². The molecule has 6 heteroatoms. The molecule has 26 heavy (non-hydrogen) atoms. The van der Waals surface area contributed by atoms with Crippen LogP contribution in [0, 0.1) is 5.41 Å². The van der Waals surface area contributed by atoms with Crippen LogP contribution in [0.3, 0.4) is 0 Å². The maximum Gasteiger partial charge on any atom is 0.193 e. The van der Waals surface area contributed by atoms with Crippen molar-refractivity contribution in [1.82, 2.24) is 15.1 Å². The molecular weight excluding hydrogens is 439 g/mol. The monoisotopic (exact) mass is 472 g/mol. The summed E-state index contributed by atoms with van der Waals surface area (Å²) in [6.45, 7) is 4.71. The predicted octanol–water partition coefficient (Wildman–Crippen LogP) is 3.20. The highest BCUT2D eigenvalue weighted by Gasteiger charge is 2.43. The van der Waals surface area contributed by atoms with Crippen molar-refractivity contribution in [3.8, 4) is 5.75 Å². The minimum atomic E-state index is 0. The molecule has 1 aliphatic carbocycles. The molecule has 0 radical (unpaired) electrons. The molecule has 0 amide bonds. The third-order valence-electron chi connectivity index (χ3n) is 5.52. The Hall–Kier alpha value is -1.02. The van der Waals surface area contributed by atoms with Gasteiger partial charge in [0.15, 0.2) is 5.96 Å². The molecule has 2 fully saturated rings. The number of hydrogen-bond acceptors (Lipinski definition) is 3. The minimum Gasteiger partial charge on any atom is -0.492 e. The second-order valence-electron chi connectivity index (χ2n) is 7.73. The lowest BCUT2D eigenvalue weighted by Crippen LogP contribution is -2.42. The van der Waals surface area contributed by atoms with Crippen molar-refractivity contribution in [3.05, 3.63) is 29.8 Å². The second-order valence-corrected chi connectivity index (χ2v) is 7.73. The Kier molecular flexibility index (Phi) is 8.01. The zero-order valence-corrected chi connectivity index (χ0v) is 18.7. The topological polar surface area (TPSA) is 40.1 Å². The summed E-state index contributed by atoms with van der Waals surface area (Å²) in [6, 6.07) is 8.34. The second kappa shape index (κ2) is 9.78. The van der Waals surface area contributed by atoms with Gasteiger partial charge in [-0.2, -0.15) is 0 Å². The average Bonchev–Trinajstić information content (AvgIpc) is 3.01. The third kappa shape index (κ3) is 5.49. The molecule has 0 atom stereocenters. The lowest BCUT2D eigenvalue weighted by atomic mass is 9.68. The number of likely N-dealkylation sites (tertiary alicyclic amines) is 1. The first kappa shape index (κ1) is 21.3. The van der Waals surface area contributed by atoms with Crippen LogP contribution in [-0.4, -0.2) is 63.1 Å². The molecule has 0 aromatic heterocycles. The van der Waals surface area contributed by atoms with Gasteiger partial charge in [0.25, 0.3) is 0 Å². The van der Waals surface area contributed by atoms with Crippen LogP contribution in [0.2, 0.25) is 0 Å². The van der Waals surface area contributed by atoms with Crippen molar-refractivity contribution in [3.63, 3.8) is 0 Å². The number of guanidine groups is 1. The highest BCUT2D eigenvalue weighted by atomic mass is 127. The van der Waals surface area contributed by atoms with Crippen LogP contribution in [0.4, 0.5) is 0 Å². The third-order valence-corrected chi connectivity index (χ3v) is 5.52. The summed E-state index contributed by atoms with van der Waals surface area (Å²) in [7, 11) is 6.00. The maximum absolute atomic E-state index is 5.83. The summed E-state index contributed by atoms with van der Waals surface area (Å²) in [6.07, 6.45) is 5.52. The number of rotatable bonds is 6. The number of halogens is 1. The van der Waals surface area contributed by atoms with Crippen molar-refractivity contribution in [2.24, 2.45) is 10.4 Å². The van der Waals surface area contributed by atoms with E-state index >= 15 is 0 Å². The van der Waals surface area contributed by atoms with Gasteiger partial charge >= 0.3 is 0 Å². The molecule has 1 aromatic carbocycles. The SMILES string of the molecule is CN=C(NCc1cccc(OCCN(C)C)c1)N1CCC2(CCC2)C1.I. The van der Waals surface area contributed by atoms with Gasteiger partial charge in [0.05, 0.1) is 0 Å². The number of nitrogens with one attached hydrogen (secondary N) is 1. The number of benzene rings is 1. The van der Waals surface area contributed by atoms with Gasteiger partial charge < -0.3 is 19.9 Å². The lowest BCUT2D eigenvalue weighted by molar-refractivity contribution is 0.151. The van der Waals surface area contributed by atoms with Crippen molar-refractivity contribution < 1.29 is 4.74 Å². The summed E-state index contributed by atoms with van der Waals surface area (Å²) < 4.78 is 5.83. The van der Waals surface area contributed by atoms with E-state index in [-0.39, 0.29) is 24.0 Å². The Bertz CT molecular complexity index is 601. The van der Waals surface area contributed by atoms with Gasteiger partial charge in [-0.25, -0.2) is 0 Å². The fraction of sp³-hybridized carbons (Fsp3) is 0.650. The Morgan fingerprint density at radius 1 is 1.31 bits per heavy atom. The van der Waals surface area contributed by atoms with Crippen molar-refractivity contribution in [1.29, 1.82) is 0 Å². The van der Waals surface area contributed by atoms with Gasteiger partial charge in [-0.15, -0.1) is 24.0 Å². The molecule has 1 saturated carbocycles. The van der Waals surface area contributed by atoms with E-state index in [0.29, 0.717) is 12.0 Å². The molecule has 2 aliphatic rings. The largest absolute Gasteiger partial charge is 0.492 e. The molecule has 1 saturated heterocycles. The number of nitrogens with zero attached hydrogens (tertiary/aromatic N) is 3. The first-order chi connectivity index (χ1) is 12.1. The normalized spacial score (nSPS) is 18.6. The van der Waals surface area contributed by atoms with Gasteiger partial charge in [0.1, 0.15) is 12.4 Å². The van der Waals surface area contributed by atoms with E-state index in [2.05, 4.69) is 52.4 Å². The summed E-state index contributed by atoms with van der Waals surface area (Å²) in [5.74, 6) is 1.97. The first-order valence-corrected chi connectivity index (χ1v) is 9.42. The average molecular weight is 472 g/mol. The molecule has 1 aromatic rings. The minimum absolute atomic E-state index is 0. The molecule has 146 valence electrons. The van der Waals surface area contributed by atoms with Crippen LogP contribution in [-0.2, 0) is 6.54 Å². The smallest absolute Gasteiger partial charge is 0.193 e. The number of ether oxygens (including phenoxy) is 1. The van der Waals surface area contributed by atoms with Gasteiger partial charge in [-0.3, -0.25) is 4.99 Å². The summed E-state index contributed by atoms with van der Waals surface area (Å²) in [4.78, 5) is 9.05. The summed E-state index contributed by atoms with van der Waals surface area (Å²) >= 11 is 0. The fourth-order valence-electron chi connectivity index (χ4n) is 3.81. The quantitative estimate of drug-likeness (QED) is 0.392. The Morgan fingerprint density at radius 3 is 2.73 bits per heavy atom. The van der Waals surface area contributed by atoms with Crippen LogP contribution in [0.5, 0.6) is 5.75 Å². The van der Waals surface area contributed by atoms with E-state index < -0.39 is 0 Å². The Morgan fingerprint density at radius 2 is 2.12 bits per heavy atom. The lowest BCUT2D eigenvalue weighted by Gasteiger charge is -2.38. The number of aliphatic imine (C=N–C) groups is 1. The van der Waals surface area contributed by atoms with E-state index in [1.54, 1.807) is 0 Å². The molecule has 1 spiro atoms. The van der Waals surface area contributed by atoms with E-state index in [9.17, 15) is 0 Å². The molecule has 1 aliphatic heterocycles. The standard InChI is InChI=1S/C20H32N4O.HI/c1-21-19(24-11-10-20(16-24)8-5-9-20)22-15-17-6-4-7-18(14-17)25-13-12-23(2)3;/h4,6-7,14H,5,8-13,15-16H2,1-3H3,(H,21,22);1H. The van der Waals surface area contributed by atoms with Crippen molar-refractivity contribution in [2.45, 2.75) is 32.2 Å². The van der Waals surface area contributed by atoms with Crippen LogP contribution >= 0.6 is 24.0 Å². The predicted molar refractivity (Wildman–Crippen MR) is 119 cm³/mol. The highest BCUT2D eigenvalue weighted by Crippen LogP contribution is 2.47. The van der Waals surface area contributed by atoms with E-state index in [1.165, 1.54) is 37.8 Å². The van der Waals surface area contributed by atoms with Gasteiger partial charge in [0.2, 0.25) is 0 Å². The van der Waals surface area contributed by atoms with Gasteiger partial charge in [-0.1, -0.05) is 18.6 Å². The van der Waals surface area contributed by atoms with E-state index in [1.807, 2.05) is 13.1 Å². The molecule has 0 unspecified atom stereocenters. The first-order valence-electron chi connectivity index (χ1n) is 9.42. The van der Waals surface area contributed by atoms with E-state index in [4.69, 9.17) is 4.74 Å². The molecule has 1 heterocycles. The van der Waals surface area contributed by atoms with Crippen molar-refractivity contribution >= 4 is 29.9 Å². The molecule has 5 nitrogen and oxygen atoms in total. The molecule has 1 N–H and O–H groups in total. The molecular formula is C20H33IN4O. The van der Waals surface area contributed by atoms with Gasteiger partial charge in [-0.05, 0) is 56.5 Å². The van der Waals surface area contributed by atoms with Gasteiger partial charge in [0, 0.05) is 33.2 Å². The van der Waals surface area contributed by atoms with Crippen LogP contribution in [0.1, 0.15) is 31.2 Å². The van der Waals surface area contributed by atoms with Crippen LogP contribution in [0.15, 0.2) is 29.3 Å². The molecule has 3 rings (SSSR count). The van der Waals surface area contributed by atoms with Crippen LogP contribution in [0.25, 0.3) is 0 Å².